The molecule has 2 fully saturated rings. The highest BCUT2D eigenvalue weighted by Crippen LogP contribution is 2.34. The second-order valence-corrected chi connectivity index (χ2v) is 6.01. The van der Waals surface area contributed by atoms with Gasteiger partial charge in [0.25, 0.3) is 0 Å². The summed E-state index contributed by atoms with van der Waals surface area (Å²) in [6.45, 7) is 0. The van der Waals surface area contributed by atoms with E-state index >= 15 is 0 Å². The molecule has 1 aliphatic heterocycles. The zero-order chi connectivity index (χ0) is 11.4. The van der Waals surface area contributed by atoms with Crippen LogP contribution in [0.3, 0.4) is 0 Å². The molecule has 0 spiro atoms. The number of aliphatic carboxylic acids is 1. The Bertz CT molecular complexity index is 243. The van der Waals surface area contributed by atoms with E-state index in [1.807, 2.05) is 11.8 Å². The molecule has 0 amide bonds. The smallest absolute Gasteiger partial charge is 0.336 e. The largest absolute Gasteiger partial charge is 0.479 e. The zero-order valence-corrected chi connectivity index (χ0v) is 10.4. The molecule has 4 heteroatoms. The lowest BCUT2D eigenvalue weighted by molar-refractivity contribution is -0.178. The van der Waals surface area contributed by atoms with E-state index in [4.69, 9.17) is 4.74 Å². The van der Waals surface area contributed by atoms with Crippen molar-refractivity contribution in [2.45, 2.75) is 56.7 Å². The van der Waals surface area contributed by atoms with Gasteiger partial charge in [-0.05, 0) is 37.2 Å². The van der Waals surface area contributed by atoms with E-state index in [1.165, 1.54) is 19.3 Å². The molecule has 0 aromatic carbocycles. The van der Waals surface area contributed by atoms with Crippen LogP contribution < -0.4 is 0 Å². The van der Waals surface area contributed by atoms with Crippen molar-refractivity contribution in [1.29, 1.82) is 0 Å². The summed E-state index contributed by atoms with van der Waals surface area (Å²) < 4.78 is 5.97. The van der Waals surface area contributed by atoms with E-state index in [0.717, 1.165) is 24.3 Å². The Labute approximate surface area is 101 Å². The van der Waals surface area contributed by atoms with E-state index < -0.39 is 11.6 Å². The van der Waals surface area contributed by atoms with Gasteiger partial charge in [-0.1, -0.05) is 19.3 Å². The highest BCUT2D eigenvalue weighted by atomic mass is 32.2. The molecule has 1 N–H and O–H groups in total. The van der Waals surface area contributed by atoms with Crippen LogP contribution in [0.25, 0.3) is 0 Å². The monoisotopic (exact) mass is 244 g/mol. The van der Waals surface area contributed by atoms with Crippen LogP contribution in [0, 0.1) is 0 Å². The third-order valence-electron chi connectivity index (χ3n) is 3.63. The molecule has 0 aromatic heterocycles. The van der Waals surface area contributed by atoms with Crippen molar-refractivity contribution in [3.63, 3.8) is 0 Å². The average molecular weight is 244 g/mol. The van der Waals surface area contributed by atoms with Crippen LogP contribution in [0.5, 0.6) is 0 Å². The third-order valence-corrected chi connectivity index (χ3v) is 4.62. The van der Waals surface area contributed by atoms with Crippen LogP contribution >= 0.6 is 11.8 Å². The lowest BCUT2D eigenvalue weighted by Gasteiger charge is -2.37. The minimum Gasteiger partial charge on any atom is -0.479 e. The van der Waals surface area contributed by atoms with E-state index in [-0.39, 0.29) is 6.10 Å². The molecule has 1 saturated heterocycles. The van der Waals surface area contributed by atoms with Crippen molar-refractivity contribution in [3.8, 4) is 0 Å². The van der Waals surface area contributed by atoms with Crippen molar-refractivity contribution >= 4 is 17.7 Å². The van der Waals surface area contributed by atoms with Crippen LogP contribution in [0.1, 0.15) is 44.9 Å². The van der Waals surface area contributed by atoms with Crippen LogP contribution in [0.2, 0.25) is 0 Å². The molecular formula is C12H20O3S. The minimum absolute atomic E-state index is 0.188. The molecule has 0 bridgehead atoms. The van der Waals surface area contributed by atoms with Crippen LogP contribution in [-0.2, 0) is 9.53 Å². The molecular weight excluding hydrogens is 224 g/mol. The Morgan fingerprint density at radius 2 is 1.81 bits per heavy atom. The molecule has 16 heavy (non-hydrogen) atoms. The second kappa shape index (κ2) is 5.41. The number of carbonyl (C=O) groups is 1. The lowest BCUT2D eigenvalue weighted by atomic mass is 9.93. The van der Waals surface area contributed by atoms with Gasteiger partial charge >= 0.3 is 5.97 Å². The Kier molecular flexibility index (Phi) is 4.14. The number of hydrogen-bond acceptors (Lipinski definition) is 3. The Morgan fingerprint density at radius 3 is 2.38 bits per heavy atom. The summed E-state index contributed by atoms with van der Waals surface area (Å²) in [6.07, 6.45) is 7.27. The van der Waals surface area contributed by atoms with Crippen LogP contribution in [0.15, 0.2) is 0 Å². The second-order valence-electron chi connectivity index (χ2n) is 4.79. The molecule has 0 radical (unpaired) electrons. The number of ether oxygens (including phenoxy) is 1. The lowest BCUT2D eigenvalue weighted by Crippen LogP contribution is -2.47. The summed E-state index contributed by atoms with van der Waals surface area (Å²) in [5, 5.41) is 9.39. The maximum absolute atomic E-state index is 11.4. The van der Waals surface area contributed by atoms with E-state index in [0.29, 0.717) is 12.8 Å². The van der Waals surface area contributed by atoms with Crippen molar-refractivity contribution < 1.29 is 14.6 Å². The van der Waals surface area contributed by atoms with Crippen molar-refractivity contribution in [1.82, 2.24) is 0 Å². The number of carboxylic acid groups (broad SMARTS) is 1. The fourth-order valence-electron chi connectivity index (χ4n) is 2.59. The molecule has 3 nitrogen and oxygen atoms in total. The molecule has 2 aliphatic rings. The van der Waals surface area contributed by atoms with Crippen molar-refractivity contribution in [3.05, 3.63) is 0 Å². The maximum atomic E-state index is 11.4. The first-order chi connectivity index (χ1) is 7.73. The summed E-state index contributed by atoms with van der Waals surface area (Å²) in [6, 6.07) is 0. The van der Waals surface area contributed by atoms with Gasteiger partial charge in [0.2, 0.25) is 0 Å². The van der Waals surface area contributed by atoms with Gasteiger partial charge in [0.05, 0.1) is 6.10 Å². The summed E-state index contributed by atoms with van der Waals surface area (Å²) in [5.41, 5.74) is -0.868. The van der Waals surface area contributed by atoms with E-state index in [1.54, 1.807) is 0 Å². The van der Waals surface area contributed by atoms with Gasteiger partial charge in [-0.25, -0.2) is 4.79 Å². The maximum Gasteiger partial charge on any atom is 0.336 e. The molecule has 1 saturated carbocycles. The van der Waals surface area contributed by atoms with Gasteiger partial charge in [-0.3, -0.25) is 0 Å². The topological polar surface area (TPSA) is 46.5 Å². The molecule has 0 unspecified atom stereocenters. The molecule has 1 aliphatic carbocycles. The predicted octanol–water partition coefficient (Wildman–Crippen LogP) is 2.69. The normalized spacial score (nSPS) is 26.5. The average Bonchev–Trinajstić information content (AvgIpc) is 2.31. The van der Waals surface area contributed by atoms with E-state index in [9.17, 15) is 9.90 Å². The standard InChI is InChI=1S/C12H20O3S/c13-11(14)12(6-8-16-9-7-12)15-10-4-2-1-3-5-10/h10H,1-9H2,(H,13,14). The van der Waals surface area contributed by atoms with Gasteiger partial charge in [0, 0.05) is 0 Å². The van der Waals surface area contributed by atoms with Gasteiger partial charge in [-0.2, -0.15) is 11.8 Å². The van der Waals surface area contributed by atoms with E-state index in [2.05, 4.69) is 0 Å². The highest BCUT2D eigenvalue weighted by Gasteiger charge is 2.43. The number of thioether (sulfide) groups is 1. The summed E-state index contributed by atoms with van der Waals surface area (Å²) in [7, 11) is 0. The van der Waals surface area contributed by atoms with Crippen LogP contribution in [-0.4, -0.2) is 34.3 Å². The Hall–Kier alpha value is -0.220. The quantitative estimate of drug-likeness (QED) is 0.829. The predicted molar refractivity (Wildman–Crippen MR) is 64.9 cm³/mol. The minimum atomic E-state index is -0.868. The summed E-state index contributed by atoms with van der Waals surface area (Å²) in [4.78, 5) is 11.4. The van der Waals surface area contributed by atoms with Gasteiger partial charge < -0.3 is 9.84 Å². The zero-order valence-electron chi connectivity index (χ0n) is 9.61. The first-order valence-electron chi connectivity index (χ1n) is 6.22. The summed E-state index contributed by atoms with van der Waals surface area (Å²) >= 11 is 1.83. The fourth-order valence-corrected chi connectivity index (χ4v) is 3.74. The molecule has 0 atom stereocenters. The number of hydrogen-bond donors (Lipinski definition) is 1. The number of carboxylic acids is 1. The van der Waals surface area contributed by atoms with Crippen molar-refractivity contribution in [2.75, 3.05) is 11.5 Å². The van der Waals surface area contributed by atoms with Gasteiger partial charge in [0.1, 0.15) is 0 Å². The first kappa shape index (κ1) is 12.2. The summed E-state index contributed by atoms with van der Waals surface area (Å²) in [5.74, 6) is 1.08. The Morgan fingerprint density at radius 1 is 1.19 bits per heavy atom. The van der Waals surface area contributed by atoms with Gasteiger partial charge in [0.15, 0.2) is 5.60 Å². The molecule has 2 rings (SSSR count). The SMILES string of the molecule is O=C(O)C1(OC2CCCCC2)CCSCC1. The molecule has 92 valence electrons. The number of rotatable bonds is 3. The Balaban J connectivity index is 1.98. The van der Waals surface area contributed by atoms with Crippen LogP contribution in [0.4, 0.5) is 0 Å². The first-order valence-corrected chi connectivity index (χ1v) is 7.37. The van der Waals surface area contributed by atoms with Crippen molar-refractivity contribution in [2.24, 2.45) is 0 Å². The van der Waals surface area contributed by atoms with Gasteiger partial charge in [-0.15, -0.1) is 0 Å². The fraction of sp³-hybridized carbons (Fsp3) is 0.917. The third kappa shape index (κ3) is 2.72. The molecule has 0 aromatic rings. The highest BCUT2D eigenvalue weighted by molar-refractivity contribution is 7.99. The molecule has 1 heterocycles.